The number of hydrogen-bond donors (Lipinski definition) is 1. The van der Waals surface area contributed by atoms with E-state index in [1.807, 2.05) is 0 Å². The first-order valence-corrected chi connectivity index (χ1v) is 5.93. The van der Waals surface area contributed by atoms with Crippen LogP contribution in [0.2, 0.25) is 0 Å². The van der Waals surface area contributed by atoms with E-state index in [9.17, 15) is 4.79 Å². The van der Waals surface area contributed by atoms with Gasteiger partial charge in [-0.15, -0.1) is 0 Å². The lowest BCUT2D eigenvalue weighted by atomic mass is 10.1. The number of esters is 1. The molecule has 1 atom stereocenters. The molecule has 0 spiro atoms. The summed E-state index contributed by atoms with van der Waals surface area (Å²) < 4.78 is 10.1. The Balaban J connectivity index is 3.78. The Kier molecular flexibility index (Phi) is 7.34. The maximum absolute atomic E-state index is 11.6. The zero-order valence-corrected chi connectivity index (χ0v) is 10.8. The SMILES string of the molecule is CCCCCCOC(=O)C(C)(C)OC(C)O. The van der Waals surface area contributed by atoms with E-state index in [1.54, 1.807) is 13.8 Å². The molecule has 4 heteroatoms. The molecular weight excluding hydrogens is 208 g/mol. The van der Waals surface area contributed by atoms with E-state index >= 15 is 0 Å². The zero-order chi connectivity index (χ0) is 12.6. The zero-order valence-electron chi connectivity index (χ0n) is 10.8. The number of carbonyl (C=O) groups is 1. The molecule has 4 nitrogen and oxygen atoms in total. The molecule has 0 radical (unpaired) electrons. The average Bonchev–Trinajstić information content (AvgIpc) is 2.15. The Hall–Kier alpha value is -0.610. The van der Waals surface area contributed by atoms with Gasteiger partial charge in [-0.2, -0.15) is 0 Å². The van der Waals surface area contributed by atoms with Gasteiger partial charge in [0.25, 0.3) is 0 Å². The highest BCUT2D eigenvalue weighted by atomic mass is 16.6. The highest BCUT2D eigenvalue weighted by Gasteiger charge is 2.31. The molecule has 0 amide bonds. The third-order valence-corrected chi connectivity index (χ3v) is 2.19. The van der Waals surface area contributed by atoms with Crippen LogP contribution in [0.5, 0.6) is 0 Å². The third kappa shape index (κ3) is 6.80. The van der Waals surface area contributed by atoms with Crippen LogP contribution in [0.4, 0.5) is 0 Å². The third-order valence-electron chi connectivity index (χ3n) is 2.19. The molecule has 0 fully saturated rings. The second-order valence-electron chi connectivity index (χ2n) is 4.42. The number of aliphatic hydroxyl groups is 1. The summed E-state index contributed by atoms with van der Waals surface area (Å²) in [6, 6.07) is 0. The summed E-state index contributed by atoms with van der Waals surface area (Å²) in [7, 11) is 0. The quantitative estimate of drug-likeness (QED) is 0.396. The van der Waals surface area contributed by atoms with Crippen molar-refractivity contribution < 1.29 is 19.4 Å². The van der Waals surface area contributed by atoms with E-state index in [-0.39, 0.29) is 0 Å². The molecular formula is C12H24O4. The summed E-state index contributed by atoms with van der Waals surface area (Å²) in [5.41, 5.74) is -1.08. The highest BCUT2D eigenvalue weighted by Crippen LogP contribution is 2.14. The fourth-order valence-electron chi connectivity index (χ4n) is 1.34. The van der Waals surface area contributed by atoms with E-state index in [2.05, 4.69) is 6.92 Å². The minimum absolute atomic E-state index is 0.422. The van der Waals surface area contributed by atoms with Gasteiger partial charge in [0, 0.05) is 0 Å². The lowest BCUT2D eigenvalue weighted by molar-refractivity contribution is -0.197. The second-order valence-corrected chi connectivity index (χ2v) is 4.42. The fraction of sp³-hybridized carbons (Fsp3) is 0.917. The van der Waals surface area contributed by atoms with E-state index in [4.69, 9.17) is 14.6 Å². The van der Waals surface area contributed by atoms with Crippen molar-refractivity contribution in [2.45, 2.75) is 65.3 Å². The molecule has 0 saturated heterocycles. The Morgan fingerprint density at radius 1 is 1.31 bits per heavy atom. The van der Waals surface area contributed by atoms with Crippen LogP contribution in [0.15, 0.2) is 0 Å². The molecule has 1 N–H and O–H groups in total. The first-order chi connectivity index (χ1) is 7.40. The van der Waals surface area contributed by atoms with Gasteiger partial charge < -0.3 is 14.6 Å². The van der Waals surface area contributed by atoms with Crippen molar-refractivity contribution in [2.24, 2.45) is 0 Å². The molecule has 0 aliphatic rings. The molecule has 0 aliphatic heterocycles. The first-order valence-electron chi connectivity index (χ1n) is 5.93. The molecule has 0 saturated carbocycles. The summed E-state index contributed by atoms with van der Waals surface area (Å²) in [5, 5.41) is 9.05. The fourth-order valence-corrected chi connectivity index (χ4v) is 1.34. The van der Waals surface area contributed by atoms with Gasteiger partial charge in [0.1, 0.15) is 0 Å². The number of unbranched alkanes of at least 4 members (excludes halogenated alkanes) is 3. The topological polar surface area (TPSA) is 55.8 Å². The highest BCUT2D eigenvalue weighted by molar-refractivity contribution is 5.78. The monoisotopic (exact) mass is 232 g/mol. The Bertz CT molecular complexity index is 199. The maximum atomic E-state index is 11.6. The predicted octanol–water partition coefficient (Wildman–Crippen LogP) is 2.24. The Morgan fingerprint density at radius 3 is 2.44 bits per heavy atom. The maximum Gasteiger partial charge on any atom is 0.337 e. The van der Waals surface area contributed by atoms with Gasteiger partial charge >= 0.3 is 5.97 Å². The van der Waals surface area contributed by atoms with E-state index in [0.29, 0.717) is 6.61 Å². The molecule has 1 unspecified atom stereocenters. The van der Waals surface area contributed by atoms with Gasteiger partial charge in [0.15, 0.2) is 11.9 Å². The van der Waals surface area contributed by atoms with Crippen LogP contribution in [0, 0.1) is 0 Å². The van der Waals surface area contributed by atoms with Crippen LogP contribution in [-0.4, -0.2) is 29.6 Å². The van der Waals surface area contributed by atoms with E-state index in [0.717, 1.165) is 25.7 Å². The van der Waals surface area contributed by atoms with Gasteiger partial charge in [-0.3, -0.25) is 0 Å². The molecule has 0 heterocycles. The van der Waals surface area contributed by atoms with Crippen molar-refractivity contribution in [1.82, 2.24) is 0 Å². The summed E-state index contributed by atoms with van der Waals surface area (Å²) in [6.07, 6.45) is 3.30. The van der Waals surface area contributed by atoms with Crippen LogP contribution in [0.1, 0.15) is 53.4 Å². The largest absolute Gasteiger partial charge is 0.464 e. The van der Waals surface area contributed by atoms with E-state index < -0.39 is 17.9 Å². The second kappa shape index (κ2) is 7.63. The number of rotatable bonds is 8. The van der Waals surface area contributed by atoms with Crippen LogP contribution in [0.3, 0.4) is 0 Å². The molecule has 0 aromatic rings. The van der Waals surface area contributed by atoms with Crippen LogP contribution >= 0.6 is 0 Å². The first kappa shape index (κ1) is 15.4. The smallest absolute Gasteiger partial charge is 0.337 e. The normalized spacial score (nSPS) is 13.6. The molecule has 0 bridgehead atoms. The van der Waals surface area contributed by atoms with Crippen molar-refractivity contribution in [3.05, 3.63) is 0 Å². The van der Waals surface area contributed by atoms with Crippen molar-refractivity contribution in [1.29, 1.82) is 0 Å². The van der Waals surface area contributed by atoms with Crippen LogP contribution in [0.25, 0.3) is 0 Å². The van der Waals surface area contributed by atoms with Crippen LogP contribution < -0.4 is 0 Å². The van der Waals surface area contributed by atoms with Crippen LogP contribution in [-0.2, 0) is 14.3 Å². The average molecular weight is 232 g/mol. The number of carbonyl (C=O) groups excluding carboxylic acids is 1. The lowest BCUT2D eigenvalue weighted by Crippen LogP contribution is -2.39. The predicted molar refractivity (Wildman–Crippen MR) is 61.9 cm³/mol. The summed E-state index contributed by atoms with van der Waals surface area (Å²) in [5.74, 6) is -0.426. The molecule has 96 valence electrons. The van der Waals surface area contributed by atoms with Gasteiger partial charge in [0.05, 0.1) is 6.61 Å². The summed E-state index contributed by atoms with van der Waals surface area (Å²) >= 11 is 0. The lowest BCUT2D eigenvalue weighted by Gasteiger charge is -2.24. The number of aliphatic hydroxyl groups excluding tert-OH is 1. The molecule has 0 rings (SSSR count). The van der Waals surface area contributed by atoms with Crippen molar-refractivity contribution in [2.75, 3.05) is 6.61 Å². The van der Waals surface area contributed by atoms with Crippen molar-refractivity contribution in [3.8, 4) is 0 Å². The van der Waals surface area contributed by atoms with Gasteiger partial charge in [-0.1, -0.05) is 26.2 Å². The van der Waals surface area contributed by atoms with Crippen molar-refractivity contribution in [3.63, 3.8) is 0 Å². The molecule has 16 heavy (non-hydrogen) atoms. The molecule has 0 aromatic heterocycles. The minimum Gasteiger partial charge on any atom is -0.464 e. The minimum atomic E-state index is -1.08. The Morgan fingerprint density at radius 2 is 1.94 bits per heavy atom. The summed E-state index contributed by atoms with van der Waals surface area (Å²) in [4.78, 5) is 11.6. The Labute approximate surface area is 97.9 Å². The summed E-state index contributed by atoms with van der Waals surface area (Å²) in [6.45, 7) is 7.20. The van der Waals surface area contributed by atoms with Gasteiger partial charge in [0.2, 0.25) is 0 Å². The standard InChI is InChI=1S/C12H24O4/c1-5-6-7-8-9-15-11(14)12(3,4)16-10(2)13/h10,13H,5-9H2,1-4H3. The molecule has 0 aromatic carbocycles. The van der Waals surface area contributed by atoms with Crippen molar-refractivity contribution >= 4 is 5.97 Å². The number of ether oxygens (including phenoxy) is 2. The van der Waals surface area contributed by atoms with Gasteiger partial charge in [-0.25, -0.2) is 4.79 Å². The van der Waals surface area contributed by atoms with Gasteiger partial charge in [-0.05, 0) is 27.2 Å². The molecule has 0 aliphatic carbocycles. The van der Waals surface area contributed by atoms with E-state index in [1.165, 1.54) is 6.92 Å². The number of hydrogen-bond acceptors (Lipinski definition) is 4.